The van der Waals surface area contributed by atoms with Crippen molar-refractivity contribution in [3.05, 3.63) is 16.5 Å². The highest BCUT2D eigenvalue weighted by molar-refractivity contribution is 7.15. The van der Waals surface area contributed by atoms with Gasteiger partial charge in [-0.2, -0.15) is 0 Å². The fraction of sp³-hybridized carbons (Fsp3) is 0.385. The minimum absolute atomic E-state index is 0.149. The molecule has 0 bridgehead atoms. The van der Waals surface area contributed by atoms with E-state index in [4.69, 9.17) is 0 Å². The number of nitrogens with zero attached hydrogens (tertiary/aromatic N) is 2. The van der Waals surface area contributed by atoms with Gasteiger partial charge in [-0.15, -0.1) is 11.3 Å². The van der Waals surface area contributed by atoms with Gasteiger partial charge in [-0.05, 0) is 6.42 Å². The van der Waals surface area contributed by atoms with Gasteiger partial charge in [0.25, 0.3) is 17.7 Å². The molecular weight excluding hydrogens is 294 g/mol. The molecule has 8 heteroatoms. The first-order valence-corrected chi connectivity index (χ1v) is 7.32. The average Bonchev–Trinajstić information content (AvgIpc) is 2.99. The molecule has 3 heterocycles. The van der Waals surface area contributed by atoms with Crippen LogP contribution in [-0.4, -0.2) is 53.6 Å². The summed E-state index contributed by atoms with van der Waals surface area (Å²) in [6.07, 6.45) is 0.331. The number of likely N-dealkylation sites (tertiary alicyclic amines) is 1. The topological polar surface area (TPSA) is 86.8 Å². The van der Waals surface area contributed by atoms with Crippen molar-refractivity contribution in [2.45, 2.75) is 18.9 Å². The van der Waals surface area contributed by atoms with Gasteiger partial charge < -0.3 is 5.32 Å². The normalized spacial score (nSPS) is 22.1. The summed E-state index contributed by atoms with van der Waals surface area (Å²) in [6.45, 7) is 0. The Morgan fingerprint density at radius 3 is 2.62 bits per heavy atom. The van der Waals surface area contributed by atoms with Crippen molar-refractivity contribution in [3.8, 4) is 0 Å². The summed E-state index contributed by atoms with van der Waals surface area (Å²) in [5.41, 5.74) is 0.640. The van der Waals surface area contributed by atoms with Gasteiger partial charge in [0.15, 0.2) is 0 Å². The molecule has 21 heavy (non-hydrogen) atoms. The van der Waals surface area contributed by atoms with Gasteiger partial charge in [-0.25, -0.2) is 0 Å². The van der Waals surface area contributed by atoms with Crippen LogP contribution in [-0.2, 0) is 9.59 Å². The van der Waals surface area contributed by atoms with Gasteiger partial charge in [-0.3, -0.25) is 29.0 Å². The van der Waals surface area contributed by atoms with E-state index in [-0.39, 0.29) is 18.7 Å². The number of likely N-dealkylation sites (N-methyl/N-ethyl adjacent to an activating group) is 1. The number of carbonyl (C=O) groups is 4. The first kappa shape index (κ1) is 13.7. The van der Waals surface area contributed by atoms with Crippen LogP contribution in [0.25, 0.3) is 0 Å². The van der Waals surface area contributed by atoms with Gasteiger partial charge in [0, 0.05) is 25.9 Å². The van der Waals surface area contributed by atoms with E-state index in [2.05, 4.69) is 5.32 Å². The van der Waals surface area contributed by atoms with Gasteiger partial charge in [-0.1, -0.05) is 0 Å². The van der Waals surface area contributed by atoms with Crippen LogP contribution >= 0.6 is 11.3 Å². The number of carbonyl (C=O) groups excluding carboxylic acids is 4. The van der Waals surface area contributed by atoms with Crippen molar-refractivity contribution >= 4 is 40.0 Å². The standard InChI is InChI=1S/C13H13N3O4S/c1-14-10-9-6(5-21-10)11(18)16(13(9)20)7-3-4-8(17)15(2)12(7)19/h5,7,14H,3-4H2,1-2H3. The van der Waals surface area contributed by atoms with E-state index in [1.165, 1.54) is 18.4 Å². The van der Waals surface area contributed by atoms with E-state index in [0.717, 1.165) is 9.80 Å². The smallest absolute Gasteiger partial charge is 0.265 e. The first-order chi connectivity index (χ1) is 9.97. The summed E-state index contributed by atoms with van der Waals surface area (Å²) in [4.78, 5) is 50.6. The molecule has 1 fully saturated rings. The second kappa shape index (κ2) is 4.66. The number of hydrogen-bond acceptors (Lipinski definition) is 6. The number of hydrogen-bond donors (Lipinski definition) is 1. The number of thiophene rings is 1. The van der Waals surface area contributed by atoms with Crippen LogP contribution in [0.5, 0.6) is 0 Å². The summed E-state index contributed by atoms with van der Waals surface area (Å²) in [5, 5.41) is 5.10. The monoisotopic (exact) mass is 307 g/mol. The fourth-order valence-corrected chi connectivity index (χ4v) is 3.56. The molecule has 1 atom stereocenters. The lowest BCUT2D eigenvalue weighted by atomic mass is 10.0. The Labute approximate surface area is 124 Å². The molecule has 0 aromatic carbocycles. The van der Waals surface area contributed by atoms with E-state index < -0.39 is 23.8 Å². The average molecular weight is 307 g/mol. The lowest BCUT2D eigenvalue weighted by molar-refractivity contribution is -0.149. The maximum absolute atomic E-state index is 12.5. The Morgan fingerprint density at radius 2 is 1.95 bits per heavy atom. The minimum atomic E-state index is -0.894. The zero-order valence-corrected chi connectivity index (χ0v) is 12.3. The third-order valence-corrected chi connectivity index (χ3v) is 4.83. The summed E-state index contributed by atoms with van der Waals surface area (Å²) in [5.74, 6) is -1.73. The van der Waals surface area contributed by atoms with Crippen molar-refractivity contribution in [2.24, 2.45) is 0 Å². The highest BCUT2D eigenvalue weighted by atomic mass is 32.1. The van der Waals surface area contributed by atoms with E-state index in [0.29, 0.717) is 16.1 Å². The number of amides is 4. The van der Waals surface area contributed by atoms with E-state index in [1.54, 1.807) is 12.4 Å². The largest absolute Gasteiger partial charge is 0.379 e. The molecule has 4 amide bonds. The number of imide groups is 2. The van der Waals surface area contributed by atoms with Crippen LogP contribution in [0.3, 0.4) is 0 Å². The molecular formula is C13H13N3O4S. The second-order valence-electron chi connectivity index (χ2n) is 4.93. The zero-order chi connectivity index (χ0) is 15.3. The van der Waals surface area contributed by atoms with Crippen LogP contribution in [0, 0.1) is 0 Å². The van der Waals surface area contributed by atoms with Gasteiger partial charge >= 0.3 is 0 Å². The lowest BCUT2D eigenvalue weighted by Crippen LogP contribution is -2.54. The van der Waals surface area contributed by atoms with Gasteiger partial charge in [0.05, 0.1) is 11.1 Å². The molecule has 1 aromatic heterocycles. The summed E-state index contributed by atoms with van der Waals surface area (Å²) < 4.78 is 0. The van der Waals surface area contributed by atoms with Crippen molar-refractivity contribution < 1.29 is 19.2 Å². The predicted molar refractivity (Wildman–Crippen MR) is 75.2 cm³/mol. The van der Waals surface area contributed by atoms with Gasteiger partial charge in [0.2, 0.25) is 5.91 Å². The Hall–Kier alpha value is -2.22. The molecule has 3 rings (SSSR count). The molecule has 0 saturated carbocycles. The maximum atomic E-state index is 12.5. The molecule has 1 aromatic rings. The van der Waals surface area contributed by atoms with Crippen LogP contribution in [0.15, 0.2) is 5.38 Å². The molecule has 1 saturated heterocycles. The van der Waals surface area contributed by atoms with Crippen LogP contribution in [0.4, 0.5) is 5.00 Å². The second-order valence-corrected chi connectivity index (χ2v) is 5.81. The first-order valence-electron chi connectivity index (χ1n) is 6.45. The number of piperidine rings is 1. The van der Waals surface area contributed by atoms with Crippen LogP contribution in [0.1, 0.15) is 33.6 Å². The van der Waals surface area contributed by atoms with Gasteiger partial charge in [0.1, 0.15) is 11.0 Å². The Bertz CT molecular complexity index is 681. The third kappa shape index (κ3) is 1.79. The van der Waals surface area contributed by atoms with Crippen molar-refractivity contribution in [1.29, 1.82) is 0 Å². The molecule has 2 aliphatic heterocycles. The third-order valence-electron chi connectivity index (χ3n) is 3.83. The van der Waals surface area contributed by atoms with E-state index >= 15 is 0 Å². The number of anilines is 1. The molecule has 0 aliphatic carbocycles. The number of rotatable bonds is 2. The Kier molecular flexibility index (Phi) is 3.05. The summed E-state index contributed by atoms with van der Waals surface area (Å²) in [7, 11) is 3.04. The molecule has 2 aliphatic rings. The predicted octanol–water partition coefficient (Wildman–Crippen LogP) is 0.533. The maximum Gasteiger partial charge on any atom is 0.265 e. The SMILES string of the molecule is CNc1scc2c1C(=O)N(C1CCC(=O)N(C)C1=O)C2=O. The number of fused-ring (bicyclic) bond motifs is 1. The Morgan fingerprint density at radius 1 is 1.24 bits per heavy atom. The molecule has 110 valence electrons. The summed E-state index contributed by atoms with van der Waals surface area (Å²) >= 11 is 1.28. The van der Waals surface area contributed by atoms with Crippen LogP contribution < -0.4 is 5.32 Å². The van der Waals surface area contributed by atoms with E-state index in [1.807, 2.05) is 0 Å². The lowest BCUT2D eigenvalue weighted by Gasteiger charge is -2.32. The quantitative estimate of drug-likeness (QED) is 0.806. The van der Waals surface area contributed by atoms with Crippen molar-refractivity contribution in [1.82, 2.24) is 9.80 Å². The highest BCUT2D eigenvalue weighted by Gasteiger charge is 2.47. The molecule has 7 nitrogen and oxygen atoms in total. The van der Waals surface area contributed by atoms with Crippen molar-refractivity contribution in [2.75, 3.05) is 19.4 Å². The zero-order valence-electron chi connectivity index (χ0n) is 11.5. The highest BCUT2D eigenvalue weighted by Crippen LogP contribution is 2.37. The molecule has 1 unspecified atom stereocenters. The van der Waals surface area contributed by atoms with E-state index in [9.17, 15) is 19.2 Å². The fourth-order valence-electron chi connectivity index (χ4n) is 2.67. The molecule has 0 spiro atoms. The number of nitrogens with one attached hydrogen (secondary N) is 1. The van der Waals surface area contributed by atoms with Crippen LogP contribution in [0.2, 0.25) is 0 Å². The summed E-state index contributed by atoms with van der Waals surface area (Å²) in [6, 6.07) is -0.894. The molecule has 0 radical (unpaired) electrons. The van der Waals surface area contributed by atoms with Crippen molar-refractivity contribution in [3.63, 3.8) is 0 Å². The minimum Gasteiger partial charge on any atom is -0.379 e. The molecule has 1 N–H and O–H groups in total. The Balaban J connectivity index is 1.97.